The van der Waals surface area contributed by atoms with Gasteiger partial charge in [-0.3, -0.25) is 9.78 Å². The van der Waals surface area contributed by atoms with E-state index < -0.39 is 0 Å². The summed E-state index contributed by atoms with van der Waals surface area (Å²) in [6.07, 6.45) is 1.79. The number of benzene rings is 2. The van der Waals surface area contributed by atoms with E-state index in [4.69, 9.17) is 4.98 Å². The number of aromatic nitrogens is 1. The first-order valence-corrected chi connectivity index (χ1v) is 8.73. The zero-order chi connectivity index (χ0) is 17.2. The average Bonchev–Trinajstić information content (AvgIpc) is 2.68. The summed E-state index contributed by atoms with van der Waals surface area (Å²) in [7, 11) is 0. The Hall–Kier alpha value is -2.94. The van der Waals surface area contributed by atoms with Gasteiger partial charge in [0.2, 0.25) is 0 Å². The fourth-order valence-corrected chi connectivity index (χ4v) is 3.28. The number of rotatable bonds is 3. The van der Waals surface area contributed by atoms with Crippen molar-refractivity contribution in [2.45, 2.75) is 19.8 Å². The number of hydrogen-bond acceptors (Lipinski definition) is 2. The van der Waals surface area contributed by atoms with Crippen LogP contribution in [0.4, 0.5) is 0 Å². The minimum atomic E-state index is -0.0289. The van der Waals surface area contributed by atoms with Gasteiger partial charge in [0.05, 0.1) is 17.0 Å². The topological polar surface area (TPSA) is 42.0 Å². The predicted molar refractivity (Wildman–Crippen MR) is 101 cm³/mol. The highest BCUT2D eigenvalue weighted by Gasteiger charge is 2.22. The Kier molecular flexibility index (Phi) is 4.06. The molecule has 0 unspecified atom stereocenters. The molecule has 124 valence electrons. The second-order valence-corrected chi connectivity index (χ2v) is 6.30. The van der Waals surface area contributed by atoms with E-state index in [2.05, 4.69) is 48.6 Å². The summed E-state index contributed by atoms with van der Waals surface area (Å²) < 4.78 is 0. The summed E-state index contributed by atoms with van der Waals surface area (Å²) in [5.74, 6) is -0.0289. The second-order valence-electron chi connectivity index (χ2n) is 6.30. The molecule has 0 fully saturated rings. The van der Waals surface area contributed by atoms with Crippen LogP contribution in [0.15, 0.2) is 60.7 Å². The molecule has 3 aromatic rings. The number of pyridine rings is 1. The number of carbonyl (C=O) groups excluding carboxylic acids is 1. The van der Waals surface area contributed by atoms with Crippen molar-refractivity contribution in [2.75, 3.05) is 6.54 Å². The molecule has 0 bridgehead atoms. The van der Waals surface area contributed by atoms with Crippen molar-refractivity contribution in [1.29, 1.82) is 0 Å². The van der Waals surface area contributed by atoms with Gasteiger partial charge in [-0.25, -0.2) is 0 Å². The lowest BCUT2D eigenvalue weighted by molar-refractivity contribution is 0.0945. The van der Waals surface area contributed by atoms with Crippen LogP contribution in [0.25, 0.3) is 22.4 Å². The van der Waals surface area contributed by atoms with E-state index in [1.54, 1.807) is 0 Å². The number of amides is 1. The molecule has 0 aliphatic carbocycles. The Morgan fingerprint density at radius 2 is 1.72 bits per heavy atom. The van der Waals surface area contributed by atoms with Crippen LogP contribution in [0.3, 0.4) is 0 Å². The number of carbonyl (C=O) groups is 1. The molecule has 1 amide bonds. The van der Waals surface area contributed by atoms with Gasteiger partial charge in [-0.15, -0.1) is 0 Å². The van der Waals surface area contributed by atoms with Gasteiger partial charge < -0.3 is 5.32 Å². The third kappa shape index (κ3) is 2.93. The van der Waals surface area contributed by atoms with Gasteiger partial charge in [-0.05, 0) is 23.6 Å². The SMILES string of the molecule is CCc1ccc(-c2nc3c(cc2-c2ccccc2)C(=O)NCC3)cc1. The molecule has 1 aromatic heterocycles. The molecular weight excluding hydrogens is 308 g/mol. The van der Waals surface area contributed by atoms with Crippen molar-refractivity contribution < 1.29 is 4.79 Å². The molecule has 3 nitrogen and oxygen atoms in total. The van der Waals surface area contributed by atoms with Crippen LogP contribution in [0, 0.1) is 0 Å². The highest BCUT2D eigenvalue weighted by molar-refractivity contribution is 5.99. The minimum Gasteiger partial charge on any atom is -0.352 e. The number of aryl methyl sites for hydroxylation is 1. The van der Waals surface area contributed by atoms with Gasteiger partial charge >= 0.3 is 0 Å². The lowest BCUT2D eigenvalue weighted by atomic mass is 9.94. The zero-order valence-electron chi connectivity index (χ0n) is 14.3. The molecule has 0 spiro atoms. The van der Waals surface area contributed by atoms with E-state index in [1.807, 2.05) is 24.3 Å². The minimum absolute atomic E-state index is 0.0289. The molecule has 1 aliphatic heterocycles. The van der Waals surface area contributed by atoms with Crippen molar-refractivity contribution in [2.24, 2.45) is 0 Å². The van der Waals surface area contributed by atoms with Crippen LogP contribution in [-0.2, 0) is 12.8 Å². The Labute approximate surface area is 147 Å². The maximum Gasteiger partial charge on any atom is 0.253 e. The monoisotopic (exact) mass is 328 g/mol. The van der Waals surface area contributed by atoms with E-state index in [0.717, 1.165) is 40.9 Å². The Morgan fingerprint density at radius 3 is 2.44 bits per heavy atom. The van der Waals surface area contributed by atoms with Crippen molar-refractivity contribution in [3.05, 3.63) is 77.5 Å². The van der Waals surface area contributed by atoms with E-state index in [9.17, 15) is 4.79 Å². The van der Waals surface area contributed by atoms with E-state index in [1.165, 1.54) is 5.56 Å². The molecule has 2 heterocycles. The summed E-state index contributed by atoms with van der Waals surface area (Å²) in [5, 5.41) is 2.91. The fourth-order valence-electron chi connectivity index (χ4n) is 3.28. The Balaban J connectivity index is 1.93. The van der Waals surface area contributed by atoms with Gasteiger partial charge in [0.15, 0.2) is 0 Å². The van der Waals surface area contributed by atoms with Gasteiger partial charge in [0.1, 0.15) is 0 Å². The summed E-state index contributed by atoms with van der Waals surface area (Å²) >= 11 is 0. The Bertz CT molecular complexity index is 915. The Morgan fingerprint density at radius 1 is 0.960 bits per heavy atom. The third-order valence-electron chi connectivity index (χ3n) is 4.71. The highest BCUT2D eigenvalue weighted by Crippen LogP contribution is 2.33. The molecule has 3 heteroatoms. The molecule has 4 rings (SSSR count). The first-order valence-electron chi connectivity index (χ1n) is 8.73. The highest BCUT2D eigenvalue weighted by atomic mass is 16.1. The standard InChI is InChI=1S/C22H20N2O/c1-2-15-8-10-17(11-9-15)21-18(16-6-4-3-5-7-16)14-19-20(24-21)12-13-23-22(19)25/h3-11,14H,2,12-13H2,1H3,(H,23,25). The first kappa shape index (κ1) is 15.6. The fraction of sp³-hybridized carbons (Fsp3) is 0.182. The molecule has 0 saturated heterocycles. The van der Waals surface area contributed by atoms with Crippen molar-refractivity contribution in [3.63, 3.8) is 0 Å². The molecule has 1 aliphatic rings. The van der Waals surface area contributed by atoms with Crippen LogP contribution >= 0.6 is 0 Å². The van der Waals surface area contributed by atoms with Crippen molar-refractivity contribution in [1.82, 2.24) is 10.3 Å². The summed E-state index contributed by atoms with van der Waals surface area (Å²) in [4.78, 5) is 17.2. The molecule has 2 aromatic carbocycles. The average molecular weight is 328 g/mol. The zero-order valence-corrected chi connectivity index (χ0v) is 14.3. The van der Waals surface area contributed by atoms with Gasteiger partial charge in [-0.1, -0.05) is 61.5 Å². The smallest absolute Gasteiger partial charge is 0.253 e. The van der Waals surface area contributed by atoms with Crippen LogP contribution in [0.2, 0.25) is 0 Å². The van der Waals surface area contributed by atoms with Crippen LogP contribution < -0.4 is 5.32 Å². The van der Waals surface area contributed by atoms with Gasteiger partial charge in [0.25, 0.3) is 5.91 Å². The summed E-state index contributed by atoms with van der Waals surface area (Å²) in [6, 6.07) is 20.7. The van der Waals surface area contributed by atoms with Gasteiger partial charge in [0, 0.05) is 24.1 Å². The maximum absolute atomic E-state index is 12.2. The van der Waals surface area contributed by atoms with Gasteiger partial charge in [-0.2, -0.15) is 0 Å². The number of nitrogens with zero attached hydrogens (tertiary/aromatic N) is 1. The lowest BCUT2D eigenvalue weighted by Gasteiger charge is -2.19. The normalized spacial score (nSPS) is 13.2. The van der Waals surface area contributed by atoms with Crippen molar-refractivity contribution >= 4 is 5.91 Å². The predicted octanol–water partition coefficient (Wildman–Crippen LogP) is 4.26. The van der Waals surface area contributed by atoms with Crippen LogP contribution in [-0.4, -0.2) is 17.4 Å². The summed E-state index contributed by atoms with van der Waals surface area (Å²) in [6.45, 7) is 2.80. The van der Waals surface area contributed by atoms with E-state index in [-0.39, 0.29) is 5.91 Å². The molecule has 0 saturated carbocycles. The van der Waals surface area contributed by atoms with Crippen molar-refractivity contribution in [3.8, 4) is 22.4 Å². The molecule has 25 heavy (non-hydrogen) atoms. The molecule has 0 radical (unpaired) electrons. The molecule has 1 N–H and O–H groups in total. The van der Waals surface area contributed by atoms with Crippen LogP contribution in [0.1, 0.15) is 28.5 Å². The largest absolute Gasteiger partial charge is 0.352 e. The van der Waals surface area contributed by atoms with E-state index in [0.29, 0.717) is 12.1 Å². The lowest BCUT2D eigenvalue weighted by Crippen LogP contribution is -2.32. The number of hydrogen-bond donors (Lipinski definition) is 1. The first-order chi connectivity index (χ1) is 12.3. The van der Waals surface area contributed by atoms with Crippen LogP contribution in [0.5, 0.6) is 0 Å². The maximum atomic E-state index is 12.2. The number of fused-ring (bicyclic) bond motifs is 1. The second kappa shape index (κ2) is 6.52. The quantitative estimate of drug-likeness (QED) is 0.780. The molecular formula is C22H20N2O. The third-order valence-corrected chi connectivity index (χ3v) is 4.71. The van der Waals surface area contributed by atoms with E-state index >= 15 is 0 Å². The summed E-state index contributed by atoms with van der Waals surface area (Å²) in [5.41, 5.74) is 7.00. The number of nitrogens with one attached hydrogen (secondary N) is 1. The molecule has 0 atom stereocenters.